The molecule has 5 heteroatoms. The minimum absolute atomic E-state index is 0.413. The summed E-state index contributed by atoms with van der Waals surface area (Å²) in [6, 6.07) is 5.02. The summed E-state index contributed by atoms with van der Waals surface area (Å²) in [5.74, 6) is 0.0637. The predicted octanol–water partition coefficient (Wildman–Crippen LogP) is 3.89. The van der Waals surface area contributed by atoms with Crippen LogP contribution in [0, 0.1) is 21.8 Å². The quantitative estimate of drug-likeness (QED) is 0.625. The van der Waals surface area contributed by atoms with Crippen molar-refractivity contribution in [3.8, 4) is 0 Å². The van der Waals surface area contributed by atoms with Crippen LogP contribution in [0.5, 0.6) is 0 Å². The second-order valence-electron chi connectivity index (χ2n) is 6.23. The first-order valence-corrected chi connectivity index (χ1v) is 7.82. The van der Waals surface area contributed by atoms with E-state index in [9.17, 15) is 14.5 Å². The first-order valence-electron chi connectivity index (χ1n) is 7.82. The molecule has 1 unspecified atom stereocenters. The molecule has 1 atom stereocenters. The molecule has 0 radical (unpaired) electrons. The number of hydrogen-bond donors (Lipinski definition) is 0. The maximum Gasteiger partial charge on any atom is 0.305 e. The molecule has 1 heterocycles. The number of likely N-dealkylation sites (tertiary alicyclic amines) is 1. The Bertz CT molecular complexity index is 529. The molecule has 1 saturated heterocycles. The van der Waals surface area contributed by atoms with Crippen LogP contribution in [0.15, 0.2) is 18.2 Å². The highest BCUT2D eigenvalue weighted by molar-refractivity contribution is 5.36. The number of nitro groups is 1. The van der Waals surface area contributed by atoms with E-state index in [2.05, 4.69) is 4.90 Å². The molecule has 2 aliphatic rings. The van der Waals surface area contributed by atoms with Crippen LogP contribution in [0.2, 0.25) is 0 Å². The Labute approximate surface area is 124 Å². The third-order valence-electron chi connectivity index (χ3n) is 4.99. The fraction of sp³-hybridized carbons (Fsp3) is 0.625. The Kier molecular flexibility index (Phi) is 4.19. The maximum absolute atomic E-state index is 14.2. The van der Waals surface area contributed by atoms with Gasteiger partial charge >= 0.3 is 5.69 Å². The molecular weight excluding hydrogens is 271 g/mol. The number of nitro benzene ring substituents is 1. The Hall–Kier alpha value is -1.49. The van der Waals surface area contributed by atoms with Crippen LogP contribution in [-0.4, -0.2) is 22.4 Å². The molecule has 1 aromatic rings. The van der Waals surface area contributed by atoms with E-state index < -0.39 is 16.4 Å². The van der Waals surface area contributed by atoms with Crippen LogP contribution in [0.4, 0.5) is 10.1 Å². The van der Waals surface area contributed by atoms with Gasteiger partial charge in [-0.05, 0) is 38.1 Å². The van der Waals surface area contributed by atoms with Crippen molar-refractivity contribution >= 4 is 5.69 Å². The highest BCUT2D eigenvalue weighted by Gasteiger charge is 2.33. The highest BCUT2D eigenvalue weighted by Crippen LogP contribution is 2.36. The van der Waals surface area contributed by atoms with Crippen molar-refractivity contribution in [2.75, 3.05) is 6.54 Å². The van der Waals surface area contributed by atoms with Crippen LogP contribution < -0.4 is 0 Å². The van der Waals surface area contributed by atoms with E-state index >= 15 is 0 Å². The van der Waals surface area contributed by atoms with E-state index in [1.807, 2.05) is 0 Å². The van der Waals surface area contributed by atoms with Crippen LogP contribution in [0.3, 0.4) is 0 Å². The molecule has 0 N–H and O–H groups in total. The van der Waals surface area contributed by atoms with Crippen molar-refractivity contribution in [2.24, 2.45) is 5.92 Å². The minimum atomic E-state index is -0.667. The number of hydrogen-bond acceptors (Lipinski definition) is 3. The lowest BCUT2D eigenvalue weighted by Gasteiger charge is -2.29. The van der Waals surface area contributed by atoms with Crippen LogP contribution in [0.25, 0.3) is 0 Å². The van der Waals surface area contributed by atoms with Gasteiger partial charge in [0.15, 0.2) is 0 Å². The molecule has 0 bridgehead atoms. The number of halogens is 1. The van der Waals surface area contributed by atoms with E-state index in [-0.39, 0.29) is 0 Å². The van der Waals surface area contributed by atoms with Gasteiger partial charge < -0.3 is 0 Å². The fourth-order valence-corrected chi connectivity index (χ4v) is 3.97. The number of rotatable bonds is 4. The van der Waals surface area contributed by atoms with E-state index in [0.717, 1.165) is 18.9 Å². The monoisotopic (exact) mass is 292 g/mol. The van der Waals surface area contributed by atoms with Crippen molar-refractivity contribution in [3.05, 3.63) is 39.7 Å². The second kappa shape index (κ2) is 6.10. The first kappa shape index (κ1) is 14.4. The molecule has 114 valence electrons. The van der Waals surface area contributed by atoms with Crippen molar-refractivity contribution in [1.82, 2.24) is 4.90 Å². The maximum atomic E-state index is 14.2. The zero-order valence-electron chi connectivity index (χ0n) is 12.1. The summed E-state index contributed by atoms with van der Waals surface area (Å²) in [7, 11) is 0. The summed E-state index contributed by atoms with van der Waals surface area (Å²) in [6.45, 7) is 1.47. The number of benzene rings is 1. The molecule has 0 aromatic heterocycles. The lowest BCUT2D eigenvalue weighted by Crippen LogP contribution is -2.34. The van der Waals surface area contributed by atoms with Gasteiger partial charge in [0.05, 0.1) is 4.92 Å². The molecule has 0 spiro atoms. The minimum Gasteiger partial charge on any atom is -0.296 e. The largest absolute Gasteiger partial charge is 0.305 e. The standard InChI is InChI=1S/C16H21FN2O2/c17-16-13(7-3-8-15(16)19(20)21)11-18-10-4-9-14(18)12-5-1-2-6-12/h3,7-8,12,14H,1-2,4-6,9-11H2. The van der Waals surface area contributed by atoms with Crippen molar-refractivity contribution in [2.45, 2.75) is 51.1 Å². The zero-order chi connectivity index (χ0) is 14.8. The van der Waals surface area contributed by atoms with Gasteiger partial charge in [0.2, 0.25) is 5.82 Å². The number of nitrogens with zero attached hydrogens (tertiary/aromatic N) is 2. The Morgan fingerprint density at radius 3 is 2.71 bits per heavy atom. The molecule has 1 aromatic carbocycles. The SMILES string of the molecule is O=[N+]([O-])c1cccc(CN2CCCC2C2CCCC2)c1F. The van der Waals surface area contributed by atoms with Gasteiger partial charge in [-0.25, -0.2) is 0 Å². The van der Waals surface area contributed by atoms with Crippen molar-refractivity contribution in [3.63, 3.8) is 0 Å². The van der Waals surface area contributed by atoms with E-state index in [0.29, 0.717) is 18.2 Å². The van der Waals surface area contributed by atoms with Gasteiger partial charge in [0.25, 0.3) is 0 Å². The van der Waals surface area contributed by atoms with Crippen molar-refractivity contribution < 1.29 is 9.31 Å². The summed E-state index contributed by atoms with van der Waals surface area (Å²) in [4.78, 5) is 12.5. The van der Waals surface area contributed by atoms with Gasteiger partial charge in [0, 0.05) is 24.2 Å². The van der Waals surface area contributed by atoms with Crippen LogP contribution >= 0.6 is 0 Å². The molecule has 0 amide bonds. The molecule has 1 aliphatic carbocycles. The average Bonchev–Trinajstić information content (AvgIpc) is 3.11. The summed E-state index contributed by atoms with van der Waals surface area (Å²) in [6.07, 6.45) is 7.50. The molecule has 1 saturated carbocycles. The molecular formula is C16H21FN2O2. The Morgan fingerprint density at radius 2 is 2.00 bits per heavy atom. The van der Waals surface area contributed by atoms with Gasteiger partial charge in [-0.1, -0.05) is 25.0 Å². The lowest BCUT2D eigenvalue weighted by molar-refractivity contribution is -0.387. The van der Waals surface area contributed by atoms with Gasteiger partial charge in [-0.3, -0.25) is 15.0 Å². The van der Waals surface area contributed by atoms with Gasteiger partial charge in [-0.15, -0.1) is 0 Å². The summed E-state index contributed by atoms with van der Waals surface area (Å²) < 4.78 is 14.2. The third-order valence-corrected chi connectivity index (χ3v) is 4.99. The fourth-order valence-electron chi connectivity index (χ4n) is 3.97. The molecule has 2 fully saturated rings. The summed E-state index contributed by atoms with van der Waals surface area (Å²) in [5, 5.41) is 10.8. The average molecular weight is 292 g/mol. The highest BCUT2D eigenvalue weighted by atomic mass is 19.1. The Balaban J connectivity index is 1.76. The summed E-state index contributed by atoms with van der Waals surface area (Å²) in [5.41, 5.74) is 0.0400. The van der Waals surface area contributed by atoms with Crippen LogP contribution in [-0.2, 0) is 6.54 Å². The smallest absolute Gasteiger partial charge is 0.296 e. The molecule has 21 heavy (non-hydrogen) atoms. The second-order valence-corrected chi connectivity index (χ2v) is 6.23. The van der Waals surface area contributed by atoms with E-state index in [1.165, 1.54) is 38.2 Å². The zero-order valence-corrected chi connectivity index (χ0v) is 12.1. The van der Waals surface area contributed by atoms with Gasteiger partial charge in [0.1, 0.15) is 0 Å². The van der Waals surface area contributed by atoms with Crippen LogP contribution in [0.1, 0.15) is 44.1 Å². The van der Waals surface area contributed by atoms with Gasteiger partial charge in [-0.2, -0.15) is 4.39 Å². The normalized spacial score (nSPS) is 23.8. The molecule has 1 aliphatic heterocycles. The predicted molar refractivity (Wildman–Crippen MR) is 78.4 cm³/mol. The van der Waals surface area contributed by atoms with E-state index in [4.69, 9.17) is 0 Å². The third kappa shape index (κ3) is 2.93. The first-order chi connectivity index (χ1) is 10.2. The molecule has 4 nitrogen and oxygen atoms in total. The lowest BCUT2D eigenvalue weighted by atomic mass is 9.95. The Morgan fingerprint density at radius 1 is 1.24 bits per heavy atom. The summed E-state index contributed by atoms with van der Waals surface area (Å²) >= 11 is 0. The van der Waals surface area contributed by atoms with E-state index in [1.54, 1.807) is 12.1 Å². The topological polar surface area (TPSA) is 46.4 Å². The molecule has 3 rings (SSSR count). The van der Waals surface area contributed by atoms with Crippen molar-refractivity contribution in [1.29, 1.82) is 0 Å².